The Morgan fingerprint density at radius 2 is 1.05 bits per heavy atom. The number of carbonyl (C=O) groups is 4. The van der Waals surface area contributed by atoms with Crippen LogP contribution in [0.15, 0.2) is 116 Å². The zero-order valence-corrected chi connectivity index (χ0v) is 72.1. The Kier molecular flexibility index (Phi) is 35.2. The predicted octanol–water partition coefficient (Wildman–Crippen LogP) is 15.8. The minimum atomic E-state index is -0.941. The Morgan fingerprint density at radius 3 is 1.46 bits per heavy atom. The van der Waals surface area contributed by atoms with Gasteiger partial charge in [0.15, 0.2) is 17.4 Å². The number of nitrogen functional groups attached to an aromatic ring is 1. The van der Waals surface area contributed by atoms with Crippen LogP contribution in [0.25, 0.3) is 11.1 Å². The monoisotopic (exact) mass is 1750 g/mol. The first kappa shape index (κ1) is 93.4. The van der Waals surface area contributed by atoms with E-state index in [-0.39, 0.29) is 100.0 Å². The molecular weight excluding hydrogens is 1650 g/mol. The number of rotatable bonds is 17. The van der Waals surface area contributed by atoms with Gasteiger partial charge in [-0.2, -0.15) is 20.7 Å². The van der Waals surface area contributed by atoms with E-state index in [4.69, 9.17) is 76.2 Å². The molecule has 0 radical (unpaired) electrons. The zero-order chi connectivity index (χ0) is 83.3. The molecule has 4 fully saturated rings. The number of fused-ring (bicyclic) bond motifs is 2. The number of ketones is 1. The lowest BCUT2D eigenvalue weighted by molar-refractivity contribution is -0.111. The van der Waals surface area contributed by atoms with E-state index in [9.17, 15) is 39.6 Å². The average molecular weight is 1760 g/mol. The van der Waals surface area contributed by atoms with Crippen LogP contribution in [0.3, 0.4) is 0 Å². The number of anilines is 3. The molecule has 0 saturated carbocycles. The van der Waals surface area contributed by atoms with Gasteiger partial charge >= 0.3 is 28.5 Å². The van der Waals surface area contributed by atoms with Crippen molar-refractivity contribution in [2.75, 3.05) is 44.6 Å². The number of benzene rings is 4. The molecule has 6 aromatic rings. The zero-order valence-electron chi connectivity index (χ0n) is 66.6. The van der Waals surface area contributed by atoms with Crippen LogP contribution in [0.5, 0.6) is 23.0 Å². The number of ether oxygens (including phenoxy) is 3. The molecule has 0 aliphatic carbocycles. The van der Waals surface area contributed by atoms with Crippen LogP contribution in [0.2, 0.25) is 5.72 Å². The van der Waals surface area contributed by atoms with Crippen molar-refractivity contribution >= 4 is 139 Å². The van der Waals surface area contributed by atoms with Gasteiger partial charge in [-0.3, -0.25) is 28.5 Å². The van der Waals surface area contributed by atoms with Crippen LogP contribution in [-0.2, 0) is 32.9 Å². The maximum absolute atomic E-state index is 12.1. The summed E-state index contributed by atoms with van der Waals surface area (Å²) in [6, 6.07) is 27.9. The minimum absolute atomic E-state index is 0.0463. The Bertz CT molecular complexity index is 4310. The summed E-state index contributed by atoms with van der Waals surface area (Å²) in [7, 11) is -0.661. The number of Topliss-reactive ketones (excluding diaryl/α,β-unsaturated/α-hetero) is 1. The fourth-order valence-corrected chi connectivity index (χ4v) is 13.5. The highest BCUT2D eigenvalue weighted by Gasteiger charge is 2.61. The number of phenolic OH excluding ortho intramolecular Hbond substituents is 1. The fraction of sp³-hybridized carbons (Fsp3) is 0.487. The van der Waals surface area contributed by atoms with Crippen LogP contribution < -0.4 is 36.6 Å². The molecule has 6 aliphatic rings. The van der Waals surface area contributed by atoms with Gasteiger partial charge in [0.05, 0.1) is 84.3 Å². The summed E-state index contributed by atoms with van der Waals surface area (Å²) >= 11 is 14.8. The van der Waals surface area contributed by atoms with Crippen molar-refractivity contribution in [3.8, 4) is 35.1 Å². The Morgan fingerprint density at radius 1 is 0.625 bits per heavy atom. The molecular formula is C78H104B4Br3ClN10O16. The van der Waals surface area contributed by atoms with Gasteiger partial charge in [-0.05, 0) is 206 Å². The van der Waals surface area contributed by atoms with Gasteiger partial charge in [-0.1, -0.05) is 103 Å². The summed E-state index contributed by atoms with van der Waals surface area (Å²) in [6.45, 7) is 32.2. The smallest absolute Gasteiger partial charge is 0.532 e. The van der Waals surface area contributed by atoms with Crippen molar-refractivity contribution in [3.05, 3.63) is 143 Å². The van der Waals surface area contributed by atoms with E-state index in [0.717, 1.165) is 78.2 Å². The van der Waals surface area contributed by atoms with E-state index in [1.165, 1.54) is 22.5 Å². The summed E-state index contributed by atoms with van der Waals surface area (Å²) in [5, 5.41) is 59.5. The third kappa shape index (κ3) is 24.1. The van der Waals surface area contributed by atoms with Gasteiger partial charge in [-0.15, -0.1) is 0 Å². The van der Waals surface area contributed by atoms with Crippen molar-refractivity contribution in [1.82, 2.24) is 19.6 Å². The Labute approximate surface area is 689 Å². The lowest BCUT2D eigenvalue weighted by Gasteiger charge is -2.32. The summed E-state index contributed by atoms with van der Waals surface area (Å²) in [4.78, 5) is 43.9. The van der Waals surface area contributed by atoms with E-state index in [0.29, 0.717) is 81.3 Å². The van der Waals surface area contributed by atoms with Crippen molar-refractivity contribution in [2.24, 2.45) is 23.3 Å². The number of hydrogen-bond donors (Lipinski definition) is 7. The number of nitrogens with zero attached hydrogens (tertiary/aromatic N) is 6. The van der Waals surface area contributed by atoms with Crippen molar-refractivity contribution in [2.45, 2.75) is 202 Å². The lowest BCUT2D eigenvalue weighted by Crippen LogP contribution is -2.41. The molecule has 8 heterocycles. The second-order valence-corrected chi connectivity index (χ2v) is 32.0. The molecule has 6 aliphatic heterocycles. The van der Waals surface area contributed by atoms with Gasteiger partial charge < -0.3 is 79.8 Å². The third-order valence-corrected chi connectivity index (χ3v) is 22.2. The summed E-state index contributed by atoms with van der Waals surface area (Å²) in [5.74, 6) is 0.970. The number of amides is 2. The summed E-state index contributed by atoms with van der Waals surface area (Å²) in [5.41, 5.74) is 22.7. The van der Waals surface area contributed by atoms with Crippen molar-refractivity contribution in [3.63, 3.8) is 0 Å². The maximum Gasteiger partial charge on any atom is 0.556 e. The van der Waals surface area contributed by atoms with E-state index in [1.54, 1.807) is 56.1 Å². The number of phenols is 1. The highest BCUT2D eigenvalue weighted by atomic mass is 79.9. The number of methoxy groups -OCH3 is 1. The van der Waals surface area contributed by atoms with Gasteiger partial charge in [0, 0.05) is 74.4 Å². The number of nitriles is 2. The quantitative estimate of drug-likeness (QED) is 0.0253. The van der Waals surface area contributed by atoms with Crippen LogP contribution in [-0.4, -0.2) is 142 Å². The summed E-state index contributed by atoms with van der Waals surface area (Å²) in [6.07, 6.45) is 9.17. The first-order valence-corrected chi connectivity index (χ1v) is 40.1. The van der Waals surface area contributed by atoms with E-state index < -0.39 is 26.1 Å². The number of aromatic nitrogens is 4. The van der Waals surface area contributed by atoms with Crippen LogP contribution in [0.4, 0.5) is 17.3 Å². The number of carbonyl (C=O) groups excluding carboxylic acids is 4. The summed E-state index contributed by atoms with van der Waals surface area (Å²) < 4.78 is 57.7. The molecule has 2 amide bonds. The van der Waals surface area contributed by atoms with Gasteiger partial charge in [0.25, 0.3) is 11.8 Å². The molecule has 4 atom stereocenters. The Hall–Kier alpha value is -7.49. The normalized spacial score (nSPS) is 19.3. The molecule has 0 spiro atoms. The highest BCUT2D eigenvalue weighted by molar-refractivity contribution is 9.11. The first-order chi connectivity index (χ1) is 52.8. The number of hydrogen-bond acceptors (Lipinski definition) is 22. The molecule has 10 N–H and O–H groups in total. The second-order valence-electron chi connectivity index (χ2n) is 28.8. The van der Waals surface area contributed by atoms with E-state index in [2.05, 4.69) is 151 Å². The molecule has 26 nitrogen and oxygen atoms in total. The average Bonchev–Trinajstić information content (AvgIpc) is 1.25. The molecule has 12 rings (SSSR count). The Balaban J connectivity index is 0.000000216. The number of nitrogens with one attached hydrogen (secondary N) is 1. The largest absolute Gasteiger partial charge is 0.556 e. The third-order valence-electron chi connectivity index (χ3n) is 20.5. The number of aromatic hydroxyl groups is 1. The maximum atomic E-state index is 12.1. The van der Waals surface area contributed by atoms with Crippen molar-refractivity contribution < 1.29 is 76.5 Å². The number of primary amides is 2. The fourth-order valence-electron chi connectivity index (χ4n) is 12.6. The number of nitrogens with two attached hydrogens (primary N) is 3. The number of allylic oxidation sites excluding steroid dienone is 4. The molecule has 602 valence electrons. The van der Waals surface area contributed by atoms with Crippen LogP contribution >= 0.6 is 59.4 Å². The van der Waals surface area contributed by atoms with Crippen molar-refractivity contribution in [1.29, 1.82) is 10.5 Å². The predicted molar refractivity (Wildman–Crippen MR) is 448 cm³/mol. The molecule has 34 heteroatoms. The standard InChI is InChI=1S/C22H26BN5O4.C15H30B2O4.C12H14BBrO2.C10H13N5O2.C9H9BrO2.C7H7BrO.C3H5ClO/c1-3-15-16-9-14(5-6-20(16)32-23(30)18(15)4-2)26-22-17(21(25)29)11-28(27-22)19-12-31-8-7-13(19)10-24;1-10-11(16-18-12(2,3)13(4,5)19-16)17-20-14(6,7)15(8,9)21-17;1-3-9-10-7-8(14)5-6-12(10)16-13(15)11(9)4-2;11-3-6-1-2-17-5-8(6)15-4-7(10(13)16)9(12)14-15;1-2-8(11)7-5-6(10)3-4-9(7)12;1-9-7-4-2-6(8)3-5-7;1-2-3(4)5/h5-6,9,11,13,19,30H,3-4,7-8,12H2,1-2H3,(H2,25,29)(H,26,27);11H,10H2,1-9H3;5-7,15H,3-4H2,1-2H3;4,6,8H,1-2,5H2,(H2,12,14)(H2,13,16);3-5,12H,2H2,1H3;2-5H,1H3;2H2,1H3/t13-,19?;;;6-,8?;;;/m1..0.../s1. The lowest BCUT2D eigenvalue weighted by atomic mass is 9.50. The number of halogens is 4. The molecule has 4 aromatic carbocycles. The molecule has 2 aromatic heterocycles. The topological polar surface area (TPSA) is 385 Å². The first-order valence-electron chi connectivity index (χ1n) is 37.4. The second kappa shape index (κ2) is 42.2. The van der Waals surface area contributed by atoms with Gasteiger partial charge in [-0.25, -0.2) is 0 Å². The molecule has 2 unspecified atom stereocenters. The minimum Gasteiger partial charge on any atom is -0.532 e. The SMILES string of the molecule is CCC(=O)Cl.CCC(=O)c1cc(Br)ccc1O.CCC(B1OC(C)(C)C(C)(C)O1)B1OC(C)(C)C(C)(C)O1.CCC1=C(CC)c2cc(Br)ccc2OB1O.CCC1=C(CC)c2cc(Nc3nn(C4COCC[C@@H]4C#N)cc3C(N)=O)ccc2OB1O.COc1ccc(Br)cc1.N#C[C@@H]1CCOCC1n1cc(C(N)=O)c(N)n1. The molecule has 0 bridgehead atoms. The molecule has 112 heavy (non-hydrogen) atoms. The van der Waals surface area contributed by atoms with E-state index in [1.807, 2.05) is 63.2 Å². The van der Waals surface area contributed by atoms with Crippen LogP contribution in [0, 0.1) is 34.5 Å². The van der Waals surface area contributed by atoms with Gasteiger partial charge in [0.1, 0.15) is 34.1 Å². The van der Waals surface area contributed by atoms with E-state index >= 15 is 0 Å². The molecule has 4 saturated heterocycles. The highest BCUT2D eigenvalue weighted by Crippen LogP contribution is 2.47. The van der Waals surface area contributed by atoms with Crippen LogP contribution in [0.1, 0.15) is 216 Å². The van der Waals surface area contributed by atoms with Gasteiger partial charge in [0.2, 0.25) is 5.24 Å².